The fourth-order valence-electron chi connectivity index (χ4n) is 2.10. The lowest BCUT2D eigenvalue weighted by molar-refractivity contribution is -0.125. The van der Waals surface area contributed by atoms with E-state index in [1.54, 1.807) is 37.3 Å². The molecule has 2 rings (SSSR count). The SMILES string of the molecule is CCOc1ccc(S(=O)(=O)NC(=O)C(C)Oc2ccccn2)c(C)c1. The minimum absolute atomic E-state index is 0.00865. The lowest BCUT2D eigenvalue weighted by Crippen LogP contribution is -2.40. The van der Waals surface area contributed by atoms with Crippen LogP contribution in [0.5, 0.6) is 11.6 Å². The highest BCUT2D eigenvalue weighted by Gasteiger charge is 2.24. The van der Waals surface area contributed by atoms with Gasteiger partial charge in [0.1, 0.15) is 5.75 Å². The number of hydrogen-bond donors (Lipinski definition) is 1. The van der Waals surface area contributed by atoms with Crippen LogP contribution in [-0.2, 0) is 14.8 Å². The molecule has 8 heteroatoms. The Morgan fingerprint density at radius 1 is 1.28 bits per heavy atom. The largest absolute Gasteiger partial charge is 0.494 e. The number of ether oxygens (including phenoxy) is 2. The summed E-state index contributed by atoms with van der Waals surface area (Å²) in [6.07, 6.45) is 0.493. The molecule has 0 saturated carbocycles. The summed E-state index contributed by atoms with van der Waals surface area (Å²) >= 11 is 0. The molecule has 0 fully saturated rings. The van der Waals surface area contributed by atoms with E-state index in [1.165, 1.54) is 19.2 Å². The van der Waals surface area contributed by atoms with Crippen molar-refractivity contribution < 1.29 is 22.7 Å². The monoisotopic (exact) mass is 364 g/mol. The Morgan fingerprint density at radius 3 is 2.64 bits per heavy atom. The Balaban J connectivity index is 2.11. The number of benzene rings is 1. The van der Waals surface area contributed by atoms with Crippen LogP contribution in [0.3, 0.4) is 0 Å². The zero-order valence-corrected chi connectivity index (χ0v) is 15.0. The first-order valence-corrected chi connectivity index (χ1v) is 9.19. The number of carbonyl (C=O) groups excluding carboxylic acids is 1. The molecule has 0 spiro atoms. The number of sulfonamides is 1. The Bertz CT molecular complexity index is 837. The quantitative estimate of drug-likeness (QED) is 0.808. The maximum atomic E-state index is 12.4. The van der Waals surface area contributed by atoms with Gasteiger partial charge in [-0.1, -0.05) is 6.07 Å². The average Bonchev–Trinajstić information content (AvgIpc) is 2.55. The number of nitrogens with zero attached hydrogens (tertiary/aromatic N) is 1. The molecule has 2 aromatic rings. The van der Waals surface area contributed by atoms with Crippen LogP contribution in [0.25, 0.3) is 0 Å². The van der Waals surface area contributed by atoms with Gasteiger partial charge in [-0.15, -0.1) is 0 Å². The zero-order valence-electron chi connectivity index (χ0n) is 14.2. The number of hydrogen-bond acceptors (Lipinski definition) is 6. The van der Waals surface area contributed by atoms with E-state index in [9.17, 15) is 13.2 Å². The third kappa shape index (κ3) is 4.93. The van der Waals surface area contributed by atoms with Crippen molar-refractivity contribution in [3.05, 3.63) is 48.2 Å². The van der Waals surface area contributed by atoms with Gasteiger partial charge in [-0.05, 0) is 50.6 Å². The lowest BCUT2D eigenvalue weighted by atomic mass is 10.2. The van der Waals surface area contributed by atoms with Gasteiger partial charge >= 0.3 is 0 Å². The molecule has 0 radical (unpaired) electrons. The van der Waals surface area contributed by atoms with E-state index in [0.717, 1.165) is 0 Å². The van der Waals surface area contributed by atoms with Crippen molar-refractivity contribution in [2.75, 3.05) is 6.61 Å². The van der Waals surface area contributed by atoms with Crippen molar-refractivity contribution in [1.29, 1.82) is 0 Å². The lowest BCUT2D eigenvalue weighted by Gasteiger charge is -2.15. The van der Waals surface area contributed by atoms with E-state index < -0.39 is 22.0 Å². The molecule has 1 unspecified atom stereocenters. The first kappa shape index (κ1) is 18.7. The Labute approximate surface area is 147 Å². The summed E-state index contributed by atoms with van der Waals surface area (Å²) in [6, 6.07) is 9.54. The number of rotatable bonds is 7. The van der Waals surface area contributed by atoms with E-state index in [1.807, 2.05) is 11.6 Å². The number of aromatic nitrogens is 1. The molecule has 1 heterocycles. The van der Waals surface area contributed by atoms with Gasteiger partial charge in [-0.3, -0.25) is 4.79 Å². The molecule has 1 aromatic carbocycles. The first-order valence-electron chi connectivity index (χ1n) is 7.71. The third-order valence-electron chi connectivity index (χ3n) is 3.29. The van der Waals surface area contributed by atoms with E-state index in [4.69, 9.17) is 9.47 Å². The average molecular weight is 364 g/mol. The summed E-state index contributed by atoms with van der Waals surface area (Å²) in [4.78, 5) is 16.1. The summed E-state index contributed by atoms with van der Waals surface area (Å²) in [5, 5.41) is 0. The molecule has 1 N–H and O–H groups in total. The maximum absolute atomic E-state index is 12.4. The van der Waals surface area contributed by atoms with E-state index in [0.29, 0.717) is 17.9 Å². The molecule has 1 amide bonds. The predicted octanol–water partition coefficient (Wildman–Crippen LogP) is 2.06. The molecule has 1 aromatic heterocycles. The van der Waals surface area contributed by atoms with Gasteiger partial charge in [0.15, 0.2) is 6.10 Å². The van der Waals surface area contributed by atoms with Gasteiger partial charge in [-0.25, -0.2) is 18.1 Å². The predicted molar refractivity (Wildman–Crippen MR) is 92.0 cm³/mol. The van der Waals surface area contributed by atoms with Gasteiger partial charge in [0.25, 0.3) is 15.9 Å². The highest BCUT2D eigenvalue weighted by atomic mass is 32.2. The topological polar surface area (TPSA) is 94.6 Å². The summed E-state index contributed by atoms with van der Waals surface area (Å²) < 4.78 is 37.6. The third-order valence-corrected chi connectivity index (χ3v) is 4.79. The molecular weight excluding hydrogens is 344 g/mol. The number of amides is 1. The Morgan fingerprint density at radius 2 is 2.04 bits per heavy atom. The second-order valence-corrected chi connectivity index (χ2v) is 6.91. The fourth-order valence-corrected chi connectivity index (χ4v) is 3.37. The first-order chi connectivity index (χ1) is 11.8. The number of aryl methyl sites for hydroxylation is 1. The van der Waals surface area contributed by atoms with Crippen LogP contribution in [0.1, 0.15) is 19.4 Å². The fraction of sp³-hybridized carbons (Fsp3) is 0.294. The van der Waals surface area contributed by atoms with E-state index >= 15 is 0 Å². The smallest absolute Gasteiger partial charge is 0.274 e. The Kier molecular flexibility index (Phi) is 5.97. The van der Waals surface area contributed by atoms with Gasteiger partial charge in [0.05, 0.1) is 11.5 Å². The van der Waals surface area contributed by atoms with Crippen LogP contribution >= 0.6 is 0 Å². The molecule has 25 heavy (non-hydrogen) atoms. The highest BCUT2D eigenvalue weighted by molar-refractivity contribution is 7.90. The maximum Gasteiger partial charge on any atom is 0.274 e. The Hall–Kier alpha value is -2.61. The molecule has 0 bridgehead atoms. The van der Waals surface area contributed by atoms with Crippen molar-refractivity contribution in [1.82, 2.24) is 9.71 Å². The van der Waals surface area contributed by atoms with Gasteiger partial charge in [-0.2, -0.15) is 0 Å². The summed E-state index contributed by atoms with van der Waals surface area (Å²) in [7, 11) is -4.01. The van der Waals surface area contributed by atoms with Crippen LogP contribution in [0.2, 0.25) is 0 Å². The minimum Gasteiger partial charge on any atom is -0.494 e. The second kappa shape index (κ2) is 7.98. The standard InChI is InChI=1S/C17H20N2O5S/c1-4-23-14-8-9-15(12(2)11-14)25(21,22)19-17(20)13(3)24-16-7-5-6-10-18-16/h5-11,13H,4H2,1-3H3,(H,19,20). The summed E-state index contributed by atoms with van der Waals surface area (Å²) in [5.74, 6) is 0.0239. The zero-order chi connectivity index (χ0) is 18.4. The molecule has 7 nitrogen and oxygen atoms in total. The number of pyridine rings is 1. The van der Waals surface area contributed by atoms with Gasteiger partial charge in [0, 0.05) is 12.3 Å². The van der Waals surface area contributed by atoms with Crippen LogP contribution < -0.4 is 14.2 Å². The van der Waals surface area contributed by atoms with Crippen molar-refractivity contribution in [3.8, 4) is 11.6 Å². The van der Waals surface area contributed by atoms with Crippen molar-refractivity contribution in [2.45, 2.75) is 31.8 Å². The highest BCUT2D eigenvalue weighted by Crippen LogP contribution is 2.21. The van der Waals surface area contributed by atoms with Crippen LogP contribution in [-0.4, -0.2) is 32.0 Å². The summed E-state index contributed by atoms with van der Waals surface area (Å²) in [6.45, 7) is 5.40. The molecular formula is C17H20N2O5S. The molecule has 0 aliphatic heterocycles. The van der Waals surface area contributed by atoms with Crippen LogP contribution in [0, 0.1) is 6.92 Å². The second-order valence-electron chi connectivity index (χ2n) is 5.26. The van der Waals surface area contributed by atoms with Gasteiger partial charge in [0.2, 0.25) is 5.88 Å². The number of nitrogens with one attached hydrogen (secondary N) is 1. The normalized spacial score (nSPS) is 12.3. The van der Waals surface area contributed by atoms with Crippen LogP contribution in [0.4, 0.5) is 0 Å². The molecule has 0 saturated heterocycles. The van der Waals surface area contributed by atoms with E-state index in [2.05, 4.69) is 4.98 Å². The van der Waals surface area contributed by atoms with Crippen molar-refractivity contribution in [3.63, 3.8) is 0 Å². The number of carbonyl (C=O) groups is 1. The minimum atomic E-state index is -4.01. The molecule has 134 valence electrons. The van der Waals surface area contributed by atoms with Crippen molar-refractivity contribution in [2.24, 2.45) is 0 Å². The summed E-state index contributed by atoms with van der Waals surface area (Å²) in [5.41, 5.74) is 0.476. The van der Waals surface area contributed by atoms with Crippen LogP contribution in [0.15, 0.2) is 47.5 Å². The van der Waals surface area contributed by atoms with E-state index in [-0.39, 0.29) is 10.8 Å². The van der Waals surface area contributed by atoms with Crippen molar-refractivity contribution >= 4 is 15.9 Å². The van der Waals surface area contributed by atoms with Gasteiger partial charge < -0.3 is 9.47 Å². The molecule has 0 aliphatic rings. The molecule has 1 atom stereocenters. The molecule has 0 aliphatic carbocycles.